The molecule has 7 heteroatoms. The third-order valence-electron chi connectivity index (χ3n) is 5.99. The van der Waals surface area contributed by atoms with Gasteiger partial charge in [0.05, 0.1) is 33.2 Å². The minimum absolute atomic E-state index is 0.498. The molecule has 37 heavy (non-hydrogen) atoms. The minimum Gasteiger partial charge on any atom is -0.461 e. The summed E-state index contributed by atoms with van der Waals surface area (Å²) in [5, 5.41) is 10.2. The lowest BCUT2D eigenvalue weighted by atomic mass is 10.1. The highest BCUT2D eigenvalue weighted by Gasteiger charge is 2.15. The maximum absolute atomic E-state index is 9.29. The largest absolute Gasteiger partial charge is 0.461 e. The van der Waals surface area contributed by atoms with Crippen molar-refractivity contribution in [3.05, 3.63) is 110 Å². The van der Waals surface area contributed by atoms with Gasteiger partial charge in [0.15, 0.2) is 0 Å². The third-order valence-corrected chi connectivity index (χ3v) is 6.86. The Labute approximate surface area is 223 Å². The molecule has 1 aromatic carbocycles. The topological polar surface area (TPSA) is 83.3 Å². The number of H-pyrrole nitrogens is 1. The number of halogens is 1. The maximum atomic E-state index is 9.29. The zero-order valence-electron chi connectivity index (χ0n) is 20.4. The molecule has 3 heterocycles. The summed E-state index contributed by atoms with van der Waals surface area (Å²) in [5.74, 6) is 2.53. The van der Waals surface area contributed by atoms with Crippen LogP contribution in [0.25, 0.3) is 17.9 Å². The van der Waals surface area contributed by atoms with E-state index in [1.54, 1.807) is 18.3 Å². The van der Waals surface area contributed by atoms with Crippen LogP contribution in [0, 0.1) is 11.3 Å². The molecule has 184 valence electrons. The summed E-state index contributed by atoms with van der Waals surface area (Å²) in [6, 6.07) is 11.3. The van der Waals surface area contributed by atoms with Crippen molar-refractivity contribution < 1.29 is 9.47 Å². The molecule has 0 amide bonds. The Morgan fingerprint density at radius 2 is 1.95 bits per heavy atom. The van der Waals surface area contributed by atoms with Crippen molar-refractivity contribution in [1.29, 1.82) is 5.26 Å². The van der Waals surface area contributed by atoms with Gasteiger partial charge < -0.3 is 14.5 Å². The van der Waals surface area contributed by atoms with E-state index in [1.807, 2.05) is 60.7 Å². The molecular weight excluding hydrogens is 528 g/mol. The number of allylic oxidation sites excluding steroid dienone is 5. The van der Waals surface area contributed by atoms with E-state index in [9.17, 15) is 5.26 Å². The predicted octanol–water partition coefficient (Wildman–Crippen LogP) is 6.11. The van der Waals surface area contributed by atoms with Gasteiger partial charge in [0, 0.05) is 17.7 Å². The lowest BCUT2D eigenvalue weighted by molar-refractivity contribution is 0.411. The number of aromatic nitrogens is 2. The molecule has 3 aromatic rings. The summed E-state index contributed by atoms with van der Waals surface area (Å²) in [4.78, 5) is 12.9. The van der Waals surface area contributed by atoms with Crippen LogP contribution in [0.1, 0.15) is 48.7 Å². The average Bonchev–Trinajstić information content (AvgIpc) is 3.24. The number of pyridine rings is 1. The number of aryl methyl sites for hydroxylation is 1. The van der Waals surface area contributed by atoms with Crippen LogP contribution >= 0.6 is 15.9 Å². The molecule has 0 atom stereocenters. The first-order chi connectivity index (χ1) is 18.1. The van der Waals surface area contributed by atoms with Crippen LogP contribution in [-0.4, -0.2) is 9.97 Å². The van der Waals surface area contributed by atoms with Gasteiger partial charge in [-0.15, -0.1) is 0 Å². The van der Waals surface area contributed by atoms with Gasteiger partial charge in [-0.3, -0.25) is 4.98 Å². The third kappa shape index (κ3) is 5.65. The van der Waals surface area contributed by atoms with E-state index in [0.29, 0.717) is 34.9 Å². The van der Waals surface area contributed by atoms with Crippen LogP contribution in [0.2, 0.25) is 0 Å². The van der Waals surface area contributed by atoms with E-state index in [1.165, 1.54) is 0 Å². The smallest absolute Gasteiger partial charge is 0.217 e. The Morgan fingerprint density at radius 1 is 1.08 bits per heavy atom. The van der Waals surface area contributed by atoms with Gasteiger partial charge in [-0.2, -0.15) is 10.3 Å². The van der Waals surface area contributed by atoms with Crippen molar-refractivity contribution in [2.24, 2.45) is 4.99 Å². The van der Waals surface area contributed by atoms with Gasteiger partial charge in [0.25, 0.3) is 0 Å². The fourth-order valence-electron chi connectivity index (χ4n) is 4.16. The Bertz CT molecular complexity index is 1620. The van der Waals surface area contributed by atoms with Gasteiger partial charge in [0.1, 0.15) is 22.7 Å². The second-order valence-corrected chi connectivity index (χ2v) is 9.35. The van der Waals surface area contributed by atoms with Crippen molar-refractivity contribution in [3.63, 3.8) is 0 Å². The van der Waals surface area contributed by atoms with Crippen LogP contribution in [-0.2, 0) is 6.42 Å². The molecule has 0 saturated carbocycles. The van der Waals surface area contributed by atoms with E-state index in [2.05, 4.69) is 38.9 Å². The van der Waals surface area contributed by atoms with Crippen LogP contribution in [0.4, 0.5) is 0 Å². The minimum atomic E-state index is 0.498. The molecule has 1 aliphatic carbocycles. The molecule has 2 aliphatic rings. The van der Waals surface area contributed by atoms with Gasteiger partial charge in [-0.05, 0) is 71.6 Å². The number of ether oxygens (including phenoxy) is 2. The zero-order chi connectivity index (χ0) is 25.6. The quantitative estimate of drug-likeness (QED) is 0.413. The molecule has 0 spiro atoms. The predicted molar refractivity (Wildman–Crippen MR) is 148 cm³/mol. The number of nitriles is 1. The molecule has 0 radical (unpaired) electrons. The summed E-state index contributed by atoms with van der Waals surface area (Å²) in [6.45, 7) is 2.08. The van der Waals surface area contributed by atoms with E-state index in [0.717, 1.165) is 51.7 Å². The van der Waals surface area contributed by atoms with Crippen LogP contribution < -0.4 is 20.2 Å². The first kappa shape index (κ1) is 24.5. The van der Waals surface area contributed by atoms with Gasteiger partial charge in [-0.25, -0.2) is 0 Å². The van der Waals surface area contributed by atoms with Crippen molar-refractivity contribution >= 4 is 33.8 Å². The highest BCUT2D eigenvalue weighted by atomic mass is 79.9. The molecule has 0 bridgehead atoms. The van der Waals surface area contributed by atoms with Crippen molar-refractivity contribution in [1.82, 2.24) is 9.97 Å². The summed E-state index contributed by atoms with van der Waals surface area (Å²) >= 11 is 3.77. The molecule has 2 aromatic heterocycles. The number of nitrogens with one attached hydrogen (secondary N) is 1. The van der Waals surface area contributed by atoms with E-state index < -0.39 is 0 Å². The lowest BCUT2D eigenvalue weighted by Gasteiger charge is -2.10. The summed E-state index contributed by atoms with van der Waals surface area (Å²) < 4.78 is 13.5. The van der Waals surface area contributed by atoms with E-state index >= 15 is 0 Å². The Balaban J connectivity index is 1.56. The Kier molecular flexibility index (Phi) is 7.48. The van der Waals surface area contributed by atoms with Crippen molar-refractivity contribution in [2.75, 3.05) is 0 Å². The lowest BCUT2D eigenvalue weighted by Crippen LogP contribution is -2.28. The molecule has 0 fully saturated rings. The molecule has 1 aliphatic heterocycles. The number of benzene rings is 1. The number of nitrogens with zero attached hydrogens (tertiary/aromatic N) is 3. The second-order valence-electron chi connectivity index (χ2n) is 8.56. The highest BCUT2D eigenvalue weighted by Crippen LogP contribution is 2.24. The number of rotatable bonds is 5. The molecule has 6 nitrogen and oxygen atoms in total. The Morgan fingerprint density at radius 3 is 2.78 bits per heavy atom. The standard InChI is InChI=1S/C30H25BrN4O2/c1-2-24-29(31)28-26(36-22-12-9-10-20(16-22)18-32)14-7-8-15-27(35-30(28)34-24)37-23-17-21-11-5-3-4-6-13-25(21)33-19-23/h3-6,9-13,15-17,19H,2,7-8,14H2,1H3,(H,34,35). The first-order valence-electron chi connectivity index (χ1n) is 12.2. The fraction of sp³-hybridized carbons (Fsp3) is 0.167. The number of hydrogen-bond acceptors (Lipinski definition) is 5. The van der Waals surface area contributed by atoms with Gasteiger partial charge in [-0.1, -0.05) is 43.4 Å². The number of aromatic amines is 1. The second kappa shape index (κ2) is 11.3. The number of hydrogen-bond donors (Lipinski definition) is 1. The van der Waals surface area contributed by atoms with Crippen molar-refractivity contribution in [2.45, 2.75) is 32.6 Å². The maximum Gasteiger partial charge on any atom is 0.217 e. The molecular formula is C30H25BrN4O2. The van der Waals surface area contributed by atoms with E-state index in [-0.39, 0.29) is 0 Å². The Hall–Kier alpha value is -4.15. The number of fused-ring (bicyclic) bond motifs is 2. The van der Waals surface area contributed by atoms with Crippen LogP contribution in [0.15, 0.2) is 82.3 Å². The summed E-state index contributed by atoms with van der Waals surface area (Å²) in [5.41, 5.74) is 4.09. The molecule has 0 saturated heterocycles. The highest BCUT2D eigenvalue weighted by molar-refractivity contribution is 9.10. The van der Waals surface area contributed by atoms with Crippen LogP contribution in [0.5, 0.6) is 11.5 Å². The zero-order valence-corrected chi connectivity index (χ0v) is 22.0. The summed E-state index contributed by atoms with van der Waals surface area (Å²) in [7, 11) is 0. The molecule has 0 unspecified atom stereocenters. The van der Waals surface area contributed by atoms with Crippen molar-refractivity contribution in [3.8, 4) is 17.6 Å². The molecule has 1 N–H and O–H groups in total. The molecule has 5 rings (SSSR count). The first-order valence-corrected chi connectivity index (χ1v) is 13.0. The van der Waals surface area contributed by atoms with E-state index in [4.69, 9.17) is 14.5 Å². The average molecular weight is 553 g/mol. The fourth-order valence-corrected chi connectivity index (χ4v) is 4.95. The normalized spacial score (nSPS) is 14.5. The summed E-state index contributed by atoms with van der Waals surface area (Å²) in [6.07, 6.45) is 18.7. The van der Waals surface area contributed by atoms with Gasteiger partial charge >= 0.3 is 0 Å². The SMILES string of the molecule is CCc1[nH]c2c(c1Br)=C(Oc1cccc(C#N)c1)CCCC=C(Oc1cnc3c(c1)C=CC=CC=C3)N=2. The monoisotopic (exact) mass is 552 g/mol. The van der Waals surface area contributed by atoms with Crippen LogP contribution in [0.3, 0.4) is 0 Å². The van der Waals surface area contributed by atoms with Gasteiger partial charge in [0.2, 0.25) is 5.88 Å².